The van der Waals surface area contributed by atoms with E-state index in [2.05, 4.69) is 103 Å². The van der Waals surface area contributed by atoms with Crippen LogP contribution in [0.3, 0.4) is 0 Å². The second kappa shape index (κ2) is 10.9. The van der Waals surface area contributed by atoms with Gasteiger partial charge in [-0.25, -0.2) is 19.9 Å². The van der Waals surface area contributed by atoms with Crippen LogP contribution in [0.5, 0.6) is 0 Å². The van der Waals surface area contributed by atoms with E-state index in [4.69, 9.17) is 19.9 Å². The SMILES string of the molecule is c1ccc2c(c1)ncn2Cc1cc(Cn2cnc3ccccc32)c(Cn2cnc3ccccc32)cc1Cn1cnc2ccccc21. The maximum Gasteiger partial charge on any atom is 0.0961 e. The maximum atomic E-state index is 4.70. The average molecular weight is 599 g/mol. The largest absolute Gasteiger partial charge is 0.326 e. The lowest BCUT2D eigenvalue weighted by Crippen LogP contribution is -2.12. The minimum absolute atomic E-state index is 0.703. The summed E-state index contributed by atoms with van der Waals surface area (Å²) in [4.78, 5) is 18.8. The number of benzene rings is 5. The van der Waals surface area contributed by atoms with Crippen molar-refractivity contribution in [3.05, 3.63) is 157 Å². The first-order chi connectivity index (χ1) is 22.8. The number of fused-ring (bicyclic) bond motifs is 4. The molecular formula is C38H30N8. The molecule has 8 heteroatoms. The molecule has 0 bridgehead atoms. The van der Waals surface area contributed by atoms with Crippen LogP contribution in [0, 0.1) is 0 Å². The van der Waals surface area contributed by atoms with Crippen molar-refractivity contribution in [1.29, 1.82) is 0 Å². The molecule has 0 saturated heterocycles. The average Bonchev–Trinajstić information content (AvgIpc) is 3.89. The van der Waals surface area contributed by atoms with Crippen LogP contribution in [0.4, 0.5) is 0 Å². The van der Waals surface area contributed by atoms with Crippen molar-refractivity contribution in [3.8, 4) is 0 Å². The van der Waals surface area contributed by atoms with E-state index in [1.807, 2.05) is 49.6 Å². The van der Waals surface area contributed by atoms with E-state index in [0.717, 1.165) is 44.1 Å². The number of nitrogens with zero attached hydrogens (tertiary/aromatic N) is 8. The molecule has 0 amide bonds. The van der Waals surface area contributed by atoms with Gasteiger partial charge in [0.25, 0.3) is 0 Å². The summed E-state index contributed by atoms with van der Waals surface area (Å²) in [5.74, 6) is 0. The van der Waals surface area contributed by atoms with E-state index in [1.165, 1.54) is 22.3 Å². The van der Waals surface area contributed by atoms with Gasteiger partial charge in [-0.05, 0) is 70.8 Å². The van der Waals surface area contributed by atoms with E-state index < -0.39 is 0 Å². The van der Waals surface area contributed by atoms with Gasteiger partial charge in [-0.1, -0.05) is 60.7 Å². The van der Waals surface area contributed by atoms with Gasteiger partial charge in [0.1, 0.15) is 0 Å². The normalized spacial score (nSPS) is 11.8. The molecule has 0 aliphatic carbocycles. The van der Waals surface area contributed by atoms with E-state index >= 15 is 0 Å². The molecule has 46 heavy (non-hydrogen) atoms. The fourth-order valence-electron chi connectivity index (χ4n) is 6.66. The zero-order valence-corrected chi connectivity index (χ0v) is 25.1. The lowest BCUT2D eigenvalue weighted by atomic mass is 9.97. The van der Waals surface area contributed by atoms with Gasteiger partial charge in [-0.2, -0.15) is 0 Å². The summed E-state index contributed by atoms with van der Waals surface area (Å²) in [5.41, 5.74) is 13.5. The summed E-state index contributed by atoms with van der Waals surface area (Å²) in [6.07, 6.45) is 7.82. The highest BCUT2D eigenvalue weighted by Crippen LogP contribution is 2.27. The van der Waals surface area contributed by atoms with Crippen LogP contribution in [0.15, 0.2) is 135 Å². The van der Waals surface area contributed by atoms with Crippen molar-refractivity contribution in [2.24, 2.45) is 0 Å². The summed E-state index contributed by atoms with van der Waals surface area (Å²) in [6.45, 7) is 2.81. The smallest absolute Gasteiger partial charge is 0.0961 e. The van der Waals surface area contributed by atoms with E-state index in [1.54, 1.807) is 0 Å². The second-order valence-electron chi connectivity index (χ2n) is 11.8. The Morgan fingerprint density at radius 2 is 0.565 bits per heavy atom. The highest BCUT2D eigenvalue weighted by Gasteiger charge is 2.16. The number of aromatic nitrogens is 8. The Kier molecular flexibility index (Phi) is 6.23. The lowest BCUT2D eigenvalue weighted by molar-refractivity contribution is 0.742. The van der Waals surface area contributed by atoms with E-state index in [9.17, 15) is 0 Å². The highest BCUT2D eigenvalue weighted by atomic mass is 15.1. The Morgan fingerprint density at radius 1 is 0.326 bits per heavy atom. The molecule has 0 fully saturated rings. The number of hydrogen-bond acceptors (Lipinski definition) is 4. The maximum absolute atomic E-state index is 4.70. The molecule has 0 saturated carbocycles. The molecule has 0 aliphatic rings. The van der Waals surface area contributed by atoms with Crippen LogP contribution < -0.4 is 0 Å². The molecule has 222 valence electrons. The molecule has 0 aliphatic heterocycles. The van der Waals surface area contributed by atoms with E-state index in [-0.39, 0.29) is 0 Å². The van der Waals surface area contributed by atoms with Crippen molar-refractivity contribution in [3.63, 3.8) is 0 Å². The summed E-state index contributed by atoms with van der Waals surface area (Å²) >= 11 is 0. The van der Waals surface area contributed by atoms with Crippen LogP contribution in [-0.4, -0.2) is 38.2 Å². The minimum atomic E-state index is 0.703. The molecule has 9 rings (SSSR count). The molecule has 4 aromatic heterocycles. The molecule has 0 unspecified atom stereocenters. The fraction of sp³-hybridized carbons (Fsp3) is 0.105. The second-order valence-corrected chi connectivity index (χ2v) is 11.8. The standard InChI is InChI=1S/C38H30N8/c1-5-13-35-31(9-1)39-23-43(35)19-27-17-29(21-45-25-41-33-11-3-7-15-37(33)45)30(22-46-26-42-34-12-4-8-16-38(34)46)18-28(27)20-44-24-40-32-10-2-6-14-36(32)44/h1-18,23-26H,19-22H2. The van der Waals surface area contributed by atoms with Gasteiger partial charge in [0.05, 0.1) is 69.4 Å². The molecule has 0 spiro atoms. The van der Waals surface area contributed by atoms with Gasteiger partial charge in [0, 0.05) is 26.2 Å². The van der Waals surface area contributed by atoms with Crippen molar-refractivity contribution >= 4 is 44.1 Å². The van der Waals surface area contributed by atoms with Gasteiger partial charge in [0.2, 0.25) is 0 Å². The van der Waals surface area contributed by atoms with Crippen LogP contribution in [0.2, 0.25) is 0 Å². The predicted molar refractivity (Wildman–Crippen MR) is 182 cm³/mol. The Hall–Kier alpha value is -6.02. The third-order valence-electron chi connectivity index (χ3n) is 8.99. The third-order valence-corrected chi connectivity index (χ3v) is 8.99. The van der Waals surface area contributed by atoms with Crippen LogP contribution in [0.25, 0.3) is 44.1 Å². The van der Waals surface area contributed by atoms with Gasteiger partial charge in [0.15, 0.2) is 0 Å². The summed E-state index contributed by atoms with van der Waals surface area (Å²) < 4.78 is 9.00. The Labute approximate surface area is 264 Å². The lowest BCUT2D eigenvalue weighted by Gasteiger charge is -2.19. The zero-order chi connectivity index (χ0) is 30.5. The molecule has 5 aromatic carbocycles. The first kappa shape index (κ1) is 26.4. The number of imidazole rings is 4. The summed E-state index contributed by atoms with van der Waals surface area (Å²) in [6, 6.07) is 38.1. The zero-order valence-electron chi connectivity index (χ0n) is 25.1. The van der Waals surface area contributed by atoms with Gasteiger partial charge in [-0.15, -0.1) is 0 Å². The Balaban J connectivity index is 1.22. The monoisotopic (exact) mass is 598 g/mol. The third kappa shape index (κ3) is 4.62. The van der Waals surface area contributed by atoms with Crippen molar-refractivity contribution in [2.75, 3.05) is 0 Å². The quantitative estimate of drug-likeness (QED) is 0.184. The van der Waals surface area contributed by atoms with E-state index in [0.29, 0.717) is 26.2 Å². The van der Waals surface area contributed by atoms with Crippen LogP contribution >= 0.6 is 0 Å². The molecule has 0 N–H and O–H groups in total. The van der Waals surface area contributed by atoms with Crippen molar-refractivity contribution < 1.29 is 0 Å². The van der Waals surface area contributed by atoms with Crippen molar-refractivity contribution in [1.82, 2.24) is 38.2 Å². The Morgan fingerprint density at radius 3 is 0.826 bits per heavy atom. The topological polar surface area (TPSA) is 71.3 Å². The molecule has 8 nitrogen and oxygen atoms in total. The fourth-order valence-corrected chi connectivity index (χ4v) is 6.66. The number of rotatable bonds is 8. The molecule has 0 atom stereocenters. The number of para-hydroxylation sites is 8. The van der Waals surface area contributed by atoms with Crippen molar-refractivity contribution in [2.45, 2.75) is 26.2 Å². The highest BCUT2D eigenvalue weighted by molar-refractivity contribution is 5.77. The first-order valence-electron chi connectivity index (χ1n) is 15.5. The molecule has 4 heterocycles. The first-order valence-corrected chi connectivity index (χ1v) is 15.5. The summed E-state index contributed by atoms with van der Waals surface area (Å²) in [7, 11) is 0. The molecule has 0 radical (unpaired) electrons. The predicted octanol–water partition coefficient (Wildman–Crippen LogP) is 7.28. The summed E-state index contributed by atoms with van der Waals surface area (Å²) in [5, 5.41) is 0. The minimum Gasteiger partial charge on any atom is -0.326 e. The Bertz CT molecular complexity index is 2160. The van der Waals surface area contributed by atoms with Crippen LogP contribution in [-0.2, 0) is 26.2 Å². The van der Waals surface area contributed by atoms with Crippen LogP contribution in [0.1, 0.15) is 22.3 Å². The molecular weight excluding hydrogens is 568 g/mol. The molecule has 9 aromatic rings. The van der Waals surface area contributed by atoms with Gasteiger partial charge in [-0.3, -0.25) is 0 Å². The van der Waals surface area contributed by atoms with Gasteiger partial charge >= 0.3 is 0 Å². The number of hydrogen-bond donors (Lipinski definition) is 0. The van der Waals surface area contributed by atoms with Gasteiger partial charge < -0.3 is 18.3 Å².